The van der Waals surface area contributed by atoms with Crippen molar-refractivity contribution < 1.29 is 0 Å². The predicted octanol–water partition coefficient (Wildman–Crippen LogP) is 4.34. The first-order valence-electron chi connectivity index (χ1n) is 5.68. The molecular weight excluding hydrogens is 276 g/mol. The lowest BCUT2D eigenvalue weighted by atomic mass is 10.1. The largest absolute Gasteiger partial charge is 0.238 e. The minimum Gasteiger partial charge on any atom is -0.238 e. The van der Waals surface area contributed by atoms with Crippen molar-refractivity contribution in [3.8, 4) is 11.3 Å². The molecule has 0 saturated heterocycles. The summed E-state index contributed by atoms with van der Waals surface area (Å²) >= 11 is 3.56. The molecule has 0 aliphatic carbocycles. The lowest BCUT2D eigenvalue weighted by Gasteiger charge is -2.09. The minimum atomic E-state index is 0.344. The molecule has 1 aromatic heterocycles. The van der Waals surface area contributed by atoms with Gasteiger partial charge >= 0.3 is 0 Å². The molecule has 2 aromatic rings. The lowest BCUT2D eigenvalue weighted by Crippen LogP contribution is -2.01. The number of aryl methyl sites for hydroxylation is 1. The number of hydrogen-bond donors (Lipinski definition) is 0. The standard InChI is InChI=1S/C14H15BrN2/c1-9(2)14-16-10(3)8-13(17-14)11-6-4-5-7-12(11)15/h4-9H,1-3H3. The van der Waals surface area contributed by atoms with E-state index in [2.05, 4.69) is 45.8 Å². The van der Waals surface area contributed by atoms with Gasteiger partial charge < -0.3 is 0 Å². The van der Waals surface area contributed by atoms with Crippen molar-refractivity contribution in [3.05, 3.63) is 46.3 Å². The Labute approximate surface area is 110 Å². The van der Waals surface area contributed by atoms with Gasteiger partial charge in [-0.25, -0.2) is 9.97 Å². The van der Waals surface area contributed by atoms with Crippen LogP contribution in [0.2, 0.25) is 0 Å². The molecule has 1 heterocycles. The van der Waals surface area contributed by atoms with E-state index in [0.29, 0.717) is 5.92 Å². The zero-order chi connectivity index (χ0) is 12.4. The molecule has 0 spiro atoms. The average molecular weight is 291 g/mol. The van der Waals surface area contributed by atoms with Gasteiger partial charge in [0.1, 0.15) is 5.82 Å². The van der Waals surface area contributed by atoms with Crippen LogP contribution >= 0.6 is 15.9 Å². The van der Waals surface area contributed by atoms with Crippen molar-refractivity contribution in [2.45, 2.75) is 26.7 Å². The Morgan fingerprint density at radius 2 is 1.82 bits per heavy atom. The van der Waals surface area contributed by atoms with Crippen LogP contribution in [-0.2, 0) is 0 Å². The highest BCUT2D eigenvalue weighted by molar-refractivity contribution is 9.10. The Balaban J connectivity index is 2.56. The maximum absolute atomic E-state index is 4.62. The molecular formula is C14H15BrN2. The van der Waals surface area contributed by atoms with Gasteiger partial charge in [0.05, 0.1) is 5.69 Å². The molecule has 1 aromatic carbocycles. The number of aromatic nitrogens is 2. The summed E-state index contributed by atoms with van der Waals surface area (Å²) in [6, 6.07) is 10.1. The first kappa shape index (κ1) is 12.2. The molecule has 0 unspecified atom stereocenters. The summed E-state index contributed by atoms with van der Waals surface area (Å²) in [5, 5.41) is 0. The molecule has 0 bridgehead atoms. The van der Waals surface area contributed by atoms with E-state index in [4.69, 9.17) is 0 Å². The Kier molecular flexibility index (Phi) is 3.57. The van der Waals surface area contributed by atoms with Crippen LogP contribution in [0.5, 0.6) is 0 Å². The smallest absolute Gasteiger partial charge is 0.131 e. The van der Waals surface area contributed by atoms with E-state index in [-0.39, 0.29) is 0 Å². The summed E-state index contributed by atoms with van der Waals surface area (Å²) in [7, 11) is 0. The third-order valence-corrected chi connectivity index (χ3v) is 3.23. The van der Waals surface area contributed by atoms with E-state index in [9.17, 15) is 0 Å². The molecule has 0 radical (unpaired) electrons. The van der Waals surface area contributed by atoms with Gasteiger partial charge in [0.2, 0.25) is 0 Å². The highest BCUT2D eigenvalue weighted by Crippen LogP contribution is 2.27. The Bertz CT molecular complexity index is 535. The van der Waals surface area contributed by atoms with Gasteiger partial charge in [-0.05, 0) is 19.1 Å². The Morgan fingerprint density at radius 3 is 2.47 bits per heavy atom. The number of nitrogens with zero attached hydrogens (tertiary/aromatic N) is 2. The molecule has 2 rings (SSSR count). The van der Waals surface area contributed by atoms with Crippen LogP contribution in [0.25, 0.3) is 11.3 Å². The summed E-state index contributed by atoms with van der Waals surface area (Å²) in [6.45, 7) is 6.23. The molecule has 2 nitrogen and oxygen atoms in total. The van der Waals surface area contributed by atoms with Gasteiger partial charge in [-0.2, -0.15) is 0 Å². The van der Waals surface area contributed by atoms with Crippen LogP contribution in [0.4, 0.5) is 0 Å². The van der Waals surface area contributed by atoms with Gasteiger partial charge in [-0.1, -0.05) is 48.0 Å². The van der Waals surface area contributed by atoms with Crippen molar-refractivity contribution >= 4 is 15.9 Å². The second kappa shape index (κ2) is 4.96. The van der Waals surface area contributed by atoms with E-state index < -0.39 is 0 Å². The van der Waals surface area contributed by atoms with Crippen molar-refractivity contribution in [3.63, 3.8) is 0 Å². The number of benzene rings is 1. The Hall–Kier alpha value is -1.22. The quantitative estimate of drug-likeness (QED) is 0.822. The van der Waals surface area contributed by atoms with Crippen LogP contribution in [0.3, 0.4) is 0 Å². The molecule has 0 saturated carbocycles. The van der Waals surface area contributed by atoms with Crippen LogP contribution < -0.4 is 0 Å². The van der Waals surface area contributed by atoms with Gasteiger partial charge in [-0.15, -0.1) is 0 Å². The number of halogens is 1. The molecule has 0 N–H and O–H groups in total. The van der Waals surface area contributed by atoms with Crippen molar-refractivity contribution in [2.24, 2.45) is 0 Å². The zero-order valence-corrected chi connectivity index (χ0v) is 11.8. The van der Waals surface area contributed by atoms with Gasteiger partial charge in [0.15, 0.2) is 0 Å². The van der Waals surface area contributed by atoms with Gasteiger partial charge in [0, 0.05) is 21.6 Å². The fraction of sp³-hybridized carbons (Fsp3) is 0.286. The highest BCUT2D eigenvalue weighted by Gasteiger charge is 2.09. The summed E-state index contributed by atoms with van der Waals surface area (Å²) in [5.41, 5.74) is 3.10. The first-order chi connectivity index (χ1) is 8.08. The molecule has 3 heteroatoms. The second-order valence-electron chi connectivity index (χ2n) is 4.39. The van der Waals surface area contributed by atoms with E-state index in [1.165, 1.54) is 0 Å². The molecule has 0 aliphatic heterocycles. The zero-order valence-electron chi connectivity index (χ0n) is 10.2. The third-order valence-electron chi connectivity index (χ3n) is 2.54. The minimum absolute atomic E-state index is 0.344. The molecule has 0 aliphatic rings. The van der Waals surface area contributed by atoms with E-state index >= 15 is 0 Å². The number of hydrogen-bond acceptors (Lipinski definition) is 2. The summed E-state index contributed by atoms with van der Waals surface area (Å²) in [5.74, 6) is 1.24. The summed E-state index contributed by atoms with van der Waals surface area (Å²) < 4.78 is 1.06. The van der Waals surface area contributed by atoms with Crippen LogP contribution in [0.1, 0.15) is 31.3 Å². The van der Waals surface area contributed by atoms with E-state index in [0.717, 1.165) is 27.2 Å². The monoisotopic (exact) mass is 290 g/mol. The maximum atomic E-state index is 4.62. The highest BCUT2D eigenvalue weighted by atomic mass is 79.9. The molecule has 0 atom stereocenters. The van der Waals surface area contributed by atoms with Crippen molar-refractivity contribution in [1.82, 2.24) is 9.97 Å². The van der Waals surface area contributed by atoms with Crippen molar-refractivity contribution in [2.75, 3.05) is 0 Å². The normalized spacial score (nSPS) is 10.9. The predicted molar refractivity (Wildman–Crippen MR) is 74.0 cm³/mol. The van der Waals surface area contributed by atoms with Crippen LogP contribution in [-0.4, -0.2) is 9.97 Å². The van der Waals surface area contributed by atoms with Crippen molar-refractivity contribution in [1.29, 1.82) is 0 Å². The SMILES string of the molecule is Cc1cc(-c2ccccc2Br)nc(C(C)C)n1. The Morgan fingerprint density at radius 1 is 1.12 bits per heavy atom. The first-order valence-corrected chi connectivity index (χ1v) is 6.47. The fourth-order valence-electron chi connectivity index (χ4n) is 1.66. The average Bonchev–Trinajstić information content (AvgIpc) is 2.28. The summed E-state index contributed by atoms with van der Waals surface area (Å²) in [4.78, 5) is 9.09. The molecule has 88 valence electrons. The number of rotatable bonds is 2. The lowest BCUT2D eigenvalue weighted by molar-refractivity contribution is 0.768. The maximum Gasteiger partial charge on any atom is 0.131 e. The van der Waals surface area contributed by atoms with Gasteiger partial charge in [0.25, 0.3) is 0 Å². The van der Waals surface area contributed by atoms with E-state index in [1.54, 1.807) is 0 Å². The third kappa shape index (κ3) is 2.72. The topological polar surface area (TPSA) is 25.8 Å². The van der Waals surface area contributed by atoms with Gasteiger partial charge in [-0.3, -0.25) is 0 Å². The van der Waals surface area contributed by atoms with E-state index in [1.807, 2.05) is 31.2 Å². The molecule has 0 fully saturated rings. The molecule has 0 amide bonds. The fourth-order valence-corrected chi connectivity index (χ4v) is 2.14. The second-order valence-corrected chi connectivity index (χ2v) is 5.24. The molecule has 17 heavy (non-hydrogen) atoms. The van der Waals surface area contributed by atoms with Crippen LogP contribution in [0.15, 0.2) is 34.8 Å². The summed E-state index contributed by atoms with van der Waals surface area (Å²) in [6.07, 6.45) is 0. The van der Waals surface area contributed by atoms with Crippen LogP contribution in [0, 0.1) is 6.92 Å².